The molecule has 0 bridgehead atoms. The van der Waals surface area contributed by atoms with E-state index in [1.165, 1.54) is 0 Å². The smallest absolute Gasteiger partial charge is 0.261 e. The van der Waals surface area contributed by atoms with E-state index in [4.69, 9.17) is 16.3 Å². The number of nitrogens with one attached hydrogen (secondary N) is 1. The average molecular weight is 510 g/mol. The van der Waals surface area contributed by atoms with E-state index in [1.807, 2.05) is 51.1 Å². The number of carbonyl (C=O) groups is 2. The molecule has 0 unspecified atom stereocenters. The van der Waals surface area contributed by atoms with Gasteiger partial charge < -0.3 is 15.0 Å². The van der Waals surface area contributed by atoms with Crippen LogP contribution in [0.1, 0.15) is 39.2 Å². The Bertz CT molecular complexity index is 863. The highest BCUT2D eigenvalue weighted by atomic mass is 79.9. The molecule has 1 N–H and O–H groups in total. The van der Waals surface area contributed by atoms with E-state index in [0.29, 0.717) is 34.6 Å². The van der Waals surface area contributed by atoms with Crippen molar-refractivity contribution in [2.45, 2.75) is 52.1 Å². The van der Waals surface area contributed by atoms with Crippen LogP contribution >= 0.6 is 27.5 Å². The fourth-order valence-electron chi connectivity index (χ4n) is 3.15. The van der Waals surface area contributed by atoms with Gasteiger partial charge in [-0.25, -0.2) is 0 Å². The fourth-order valence-corrected chi connectivity index (χ4v) is 3.95. The van der Waals surface area contributed by atoms with Crippen LogP contribution in [0.4, 0.5) is 0 Å². The standard InChI is InChI=1S/C24H30BrClN2O3/c1-4-17(3)27-24(30)21(5-2)28(14-13-18-9-7-6-8-10-18)23(29)16-31-22-12-11-19(26)15-20(22)25/h6-12,15,17,21H,4-5,13-14,16H2,1-3H3,(H,27,30)/t17-,21+/m1/s1. The van der Waals surface area contributed by atoms with Gasteiger partial charge in [0.15, 0.2) is 6.61 Å². The van der Waals surface area contributed by atoms with Crippen molar-refractivity contribution >= 4 is 39.3 Å². The average Bonchev–Trinajstić information content (AvgIpc) is 2.76. The maximum absolute atomic E-state index is 13.2. The summed E-state index contributed by atoms with van der Waals surface area (Å²) in [6.07, 6.45) is 2.01. The second-order valence-electron chi connectivity index (χ2n) is 7.43. The third-order valence-corrected chi connectivity index (χ3v) is 5.97. The predicted molar refractivity (Wildman–Crippen MR) is 128 cm³/mol. The Morgan fingerprint density at radius 2 is 1.84 bits per heavy atom. The molecule has 0 saturated carbocycles. The largest absolute Gasteiger partial charge is 0.483 e. The monoisotopic (exact) mass is 508 g/mol. The third kappa shape index (κ3) is 7.86. The first kappa shape index (κ1) is 25.2. The van der Waals surface area contributed by atoms with Gasteiger partial charge in [0.2, 0.25) is 5.91 Å². The first-order chi connectivity index (χ1) is 14.8. The van der Waals surface area contributed by atoms with Gasteiger partial charge in [0.05, 0.1) is 4.47 Å². The van der Waals surface area contributed by atoms with Crippen LogP contribution in [0.25, 0.3) is 0 Å². The molecule has 168 valence electrons. The molecule has 0 saturated heterocycles. The summed E-state index contributed by atoms with van der Waals surface area (Å²) in [6.45, 7) is 6.16. The van der Waals surface area contributed by atoms with E-state index < -0.39 is 6.04 Å². The Balaban J connectivity index is 2.15. The third-order valence-electron chi connectivity index (χ3n) is 5.12. The molecule has 0 heterocycles. The summed E-state index contributed by atoms with van der Waals surface area (Å²) in [5.41, 5.74) is 1.11. The topological polar surface area (TPSA) is 58.6 Å². The van der Waals surface area contributed by atoms with E-state index in [0.717, 1.165) is 12.0 Å². The second-order valence-corrected chi connectivity index (χ2v) is 8.72. The lowest BCUT2D eigenvalue weighted by Crippen LogP contribution is -2.52. The predicted octanol–water partition coefficient (Wildman–Crippen LogP) is 5.25. The first-order valence-electron chi connectivity index (χ1n) is 10.6. The molecule has 7 heteroatoms. The van der Waals surface area contributed by atoms with E-state index in [2.05, 4.69) is 21.2 Å². The molecule has 2 amide bonds. The van der Waals surface area contributed by atoms with Crippen LogP contribution in [-0.4, -0.2) is 41.9 Å². The number of benzene rings is 2. The number of carbonyl (C=O) groups excluding carboxylic acids is 2. The zero-order valence-electron chi connectivity index (χ0n) is 18.2. The molecule has 0 aliphatic heterocycles. The number of amides is 2. The summed E-state index contributed by atoms with van der Waals surface area (Å²) >= 11 is 9.37. The van der Waals surface area contributed by atoms with Crippen LogP contribution in [0.5, 0.6) is 5.75 Å². The Kier molecular flexibility index (Phi) is 10.3. The molecule has 0 aliphatic carbocycles. The van der Waals surface area contributed by atoms with Gasteiger partial charge in [0.1, 0.15) is 11.8 Å². The molecule has 0 radical (unpaired) electrons. The number of nitrogens with zero attached hydrogens (tertiary/aromatic N) is 1. The number of halogens is 2. The maximum Gasteiger partial charge on any atom is 0.261 e. The SMILES string of the molecule is CC[C@@H](C)NC(=O)[C@H](CC)N(CCc1ccccc1)C(=O)COc1ccc(Cl)cc1Br. The van der Waals surface area contributed by atoms with E-state index in [9.17, 15) is 9.59 Å². The highest BCUT2D eigenvalue weighted by Gasteiger charge is 2.29. The van der Waals surface area contributed by atoms with Gasteiger partial charge in [-0.05, 0) is 65.9 Å². The first-order valence-corrected chi connectivity index (χ1v) is 11.7. The highest BCUT2D eigenvalue weighted by molar-refractivity contribution is 9.10. The lowest BCUT2D eigenvalue weighted by molar-refractivity contribution is -0.142. The lowest BCUT2D eigenvalue weighted by Gasteiger charge is -2.31. The van der Waals surface area contributed by atoms with Crippen molar-refractivity contribution < 1.29 is 14.3 Å². The molecule has 0 aliphatic rings. The van der Waals surface area contributed by atoms with Crippen molar-refractivity contribution in [1.82, 2.24) is 10.2 Å². The summed E-state index contributed by atoms with van der Waals surface area (Å²) < 4.78 is 6.41. The quantitative estimate of drug-likeness (QED) is 0.450. The Labute approximate surface area is 198 Å². The number of rotatable bonds is 11. The zero-order chi connectivity index (χ0) is 22.8. The van der Waals surface area contributed by atoms with Crippen LogP contribution < -0.4 is 10.1 Å². The van der Waals surface area contributed by atoms with Crippen molar-refractivity contribution in [1.29, 1.82) is 0 Å². The van der Waals surface area contributed by atoms with Gasteiger partial charge in [-0.3, -0.25) is 9.59 Å². The minimum Gasteiger partial charge on any atom is -0.483 e. The summed E-state index contributed by atoms with van der Waals surface area (Å²) in [6, 6.07) is 14.5. The molecule has 2 aromatic rings. The van der Waals surface area contributed by atoms with Gasteiger partial charge in [0.25, 0.3) is 5.91 Å². The summed E-state index contributed by atoms with van der Waals surface area (Å²) in [4.78, 5) is 27.7. The highest BCUT2D eigenvalue weighted by Crippen LogP contribution is 2.28. The van der Waals surface area contributed by atoms with Gasteiger partial charge in [-0.15, -0.1) is 0 Å². The zero-order valence-corrected chi connectivity index (χ0v) is 20.6. The molecule has 2 rings (SSSR count). The summed E-state index contributed by atoms with van der Waals surface area (Å²) in [5, 5.41) is 3.58. The van der Waals surface area contributed by atoms with Crippen molar-refractivity contribution in [3.05, 3.63) is 63.6 Å². The summed E-state index contributed by atoms with van der Waals surface area (Å²) in [7, 11) is 0. The van der Waals surface area contributed by atoms with Gasteiger partial charge in [-0.1, -0.05) is 55.8 Å². The molecule has 31 heavy (non-hydrogen) atoms. The van der Waals surface area contributed by atoms with Crippen molar-refractivity contribution in [2.24, 2.45) is 0 Å². The second kappa shape index (κ2) is 12.7. The van der Waals surface area contributed by atoms with E-state index in [1.54, 1.807) is 23.1 Å². The van der Waals surface area contributed by atoms with E-state index >= 15 is 0 Å². The van der Waals surface area contributed by atoms with Crippen LogP contribution in [0.2, 0.25) is 5.02 Å². The van der Waals surface area contributed by atoms with Crippen molar-refractivity contribution in [2.75, 3.05) is 13.2 Å². The Hall–Kier alpha value is -2.05. The van der Waals surface area contributed by atoms with Crippen LogP contribution in [0, 0.1) is 0 Å². The van der Waals surface area contributed by atoms with E-state index in [-0.39, 0.29) is 24.5 Å². The fraction of sp³-hybridized carbons (Fsp3) is 0.417. The number of ether oxygens (including phenoxy) is 1. The molecule has 2 aromatic carbocycles. The molecular weight excluding hydrogens is 480 g/mol. The lowest BCUT2D eigenvalue weighted by atomic mass is 10.1. The molecule has 2 atom stereocenters. The molecule has 0 fully saturated rings. The van der Waals surface area contributed by atoms with Crippen molar-refractivity contribution in [3.63, 3.8) is 0 Å². The van der Waals surface area contributed by atoms with Crippen LogP contribution in [0.3, 0.4) is 0 Å². The number of hydrogen-bond acceptors (Lipinski definition) is 3. The van der Waals surface area contributed by atoms with Crippen molar-refractivity contribution in [3.8, 4) is 5.75 Å². The Morgan fingerprint density at radius 3 is 2.45 bits per heavy atom. The minimum atomic E-state index is -0.553. The molecule has 5 nitrogen and oxygen atoms in total. The van der Waals surface area contributed by atoms with Gasteiger partial charge in [0, 0.05) is 17.6 Å². The Morgan fingerprint density at radius 1 is 1.13 bits per heavy atom. The van der Waals surface area contributed by atoms with Crippen LogP contribution in [-0.2, 0) is 16.0 Å². The minimum absolute atomic E-state index is 0.0499. The summed E-state index contributed by atoms with van der Waals surface area (Å²) in [5.74, 6) is 0.160. The number of hydrogen-bond donors (Lipinski definition) is 1. The molecular formula is C24H30BrClN2O3. The normalized spacial score (nSPS) is 12.7. The maximum atomic E-state index is 13.2. The van der Waals surface area contributed by atoms with Crippen LogP contribution in [0.15, 0.2) is 53.0 Å². The van der Waals surface area contributed by atoms with Gasteiger partial charge >= 0.3 is 0 Å². The molecule has 0 spiro atoms. The van der Waals surface area contributed by atoms with Gasteiger partial charge in [-0.2, -0.15) is 0 Å². The molecule has 0 aromatic heterocycles.